The third-order valence-corrected chi connectivity index (χ3v) is 4.39. The molecule has 110 valence electrons. The monoisotopic (exact) mass is 278 g/mol. The van der Waals surface area contributed by atoms with E-state index in [9.17, 15) is 18.0 Å². The predicted molar refractivity (Wildman–Crippen MR) is 65.3 cm³/mol. The number of nitrogens with one attached hydrogen (secondary N) is 1. The fourth-order valence-electron chi connectivity index (χ4n) is 3.24. The van der Waals surface area contributed by atoms with Gasteiger partial charge in [-0.05, 0) is 32.1 Å². The van der Waals surface area contributed by atoms with Crippen LogP contribution in [-0.2, 0) is 4.79 Å². The molecule has 2 fully saturated rings. The van der Waals surface area contributed by atoms with Crippen LogP contribution in [0.3, 0.4) is 0 Å². The van der Waals surface area contributed by atoms with Crippen LogP contribution < -0.4 is 11.1 Å². The third kappa shape index (κ3) is 3.61. The van der Waals surface area contributed by atoms with Gasteiger partial charge in [-0.1, -0.05) is 12.8 Å². The number of rotatable bonds is 2. The van der Waals surface area contributed by atoms with Gasteiger partial charge >= 0.3 is 6.18 Å². The van der Waals surface area contributed by atoms with Crippen molar-refractivity contribution in [2.24, 2.45) is 17.6 Å². The van der Waals surface area contributed by atoms with Gasteiger partial charge in [0.1, 0.15) is 0 Å². The SMILES string of the molecule is NC1CCCC1C(=O)NC1CCCC(C(F)(F)F)C1. The van der Waals surface area contributed by atoms with E-state index in [4.69, 9.17) is 5.73 Å². The van der Waals surface area contributed by atoms with E-state index >= 15 is 0 Å². The number of amides is 1. The molecule has 3 N–H and O–H groups in total. The van der Waals surface area contributed by atoms with Crippen LogP contribution >= 0.6 is 0 Å². The molecule has 2 aliphatic rings. The van der Waals surface area contributed by atoms with Crippen molar-refractivity contribution in [2.45, 2.75) is 63.2 Å². The van der Waals surface area contributed by atoms with Crippen LogP contribution in [0.2, 0.25) is 0 Å². The van der Waals surface area contributed by atoms with Gasteiger partial charge in [-0.25, -0.2) is 0 Å². The second-order valence-electron chi connectivity index (χ2n) is 5.81. The first kappa shape index (κ1) is 14.6. The average molecular weight is 278 g/mol. The molecule has 19 heavy (non-hydrogen) atoms. The number of alkyl halides is 3. The van der Waals surface area contributed by atoms with Crippen LogP contribution in [0, 0.1) is 11.8 Å². The largest absolute Gasteiger partial charge is 0.391 e. The molecule has 2 rings (SSSR count). The molecule has 1 amide bonds. The highest BCUT2D eigenvalue weighted by atomic mass is 19.4. The van der Waals surface area contributed by atoms with E-state index in [1.54, 1.807) is 0 Å². The zero-order valence-electron chi connectivity index (χ0n) is 10.9. The lowest BCUT2D eigenvalue weighted by atomic mass is 9.85. The molecule has 0 aromatic rings. The Morgan fingerprint density at radius 1 is 1.11 bits per heavy atom. The predicted octanol–water partition coefficient (Wildman–Crippen LogP) is 2.35. The molecule has 6 heteroatoms. The van der Waals surface area contributed by atoms with Crippen molar-refractivity contribution in [3.05, 3.63) is 0 Å². The number of hydrogen-bond donors (Lipinski definition) is 2. The Labute approximate surface area is 111 Å². The Morgan fingerprint density at radius 3 is 2.37 bits per heavy atom. The van der Waals surface area contributed by atoms with Gasteiger partial charge in [0.15, 0.2) is 0 Å². The van der Waals surface area contributed by atoms with Gasteiger partial charge in [0.25, 0.3) is 0 Å². The molecule has 2 aliphatic carbocycles. The van der Waals surface area contributed by atoms with Gasteiger partial charge in [0, 0.05) is 12.1 Å². The summed E-state index contributed by atoms with van der Waals surface area (Å²) in [6.07, 6.45) is -0.291. The average Bonchev–Trinajstić information content (AvgIpc) is 2.75. The van der Waals surface area contributed by atoms with Crippen LogP contribution in [0.25, 0.3) is 0 Å². The van der Waals surface area contributed by atoms with Gasteiger partial charge in [-0.2, -0.15) is 13.2 Å². The minimum absolute atomic E-state index is 0.0111. The lowest BCUT2D eigenvalue weighted by Crippen LogP contribution is -2.46. The van der Waals surface area contributed by atoms with Crippen LogP contribution in [0.15, 0.2) is 0 Å². The summed E-state index contributed by atoms with van der Waals surface area (Å²) in [5, 5.41) is 2.77. The summed E-state index contributed by atoms with van der Waals surface area (Å²) in [5.41, 5.74) is 5.84. The van der Waals surface area contributed by atoms with Gasteiger partial charge in [-0.3, -0.25) is 4.79 Å². The molecule has 0 saturated heterocycles. The second kappa shape index (κ2) is 5.69. The fourth-order valence-corrected chi connectivity index (χ4v) is 3.24. The maximum Gasteiger partial charge on any atom is 0.391 e. The van der Waals surface area contributed by atoms with Crippen molar-refractivity contribution < 1.29 is 18.0 Å². The molecule has 0 aromatic heterocycles. The van der Waals surface area contributed by atoms with Gasteiger partial charge in [-0.15, -0.1) is 0 Å². The molecule has 0 heterocycles. The molecule has 3 nitrogen and oxygen atoms in total. The quantitative estimate of drug-likeness (QED) is 0.814. The smallest absolute Gasteiger partial charge is 0.353 e. The van der Waals surface area contributed by atoms with E-state index in [1.165, 1.54) is 0 Å². The molecule has 0 bridgehead atoms. The number of nitrogens with two attached hydrogens (primary N) is 1. The minimum atomic E-state index is -4.15. The summed E-state index contributed by atoms with van der Waals surface area (Å²) >= 11 is 0. The number of carbonyl (C=O) groups excluding carboxylic acids is 1. The van der Waals surface area contributed by atoms with Gasteiger partial charge in [0.05, 0.1) is 11.8 Å². The highest BCUT2D eigenvalue weighted by Gasteiger charge is 2.43. The number of carbonyl (C=O) groups is 1. The lowest BCUT2D eigenvalue weighted by molar-refractivity contribution is -0.184. The van der Waals surface area contributed by atoms with Crippen LogP contribution in [0.5, 0.6) is 0 Å². The minimum Gasteiger partial charge on any atom is -0.353 e. The first-order valence-corrected chi connectivity index (χ1v) is 7.00. The Morgan fingerprint density at radius 2 is 1.79 bits per heavy atom. The van der Waals surface area contributed by atoms with E-state index in [-0.39, 0.29) is 36.8 Å². The molecule has 2 saturated carbocycles. The first-order valence-electron chi connectivity index (χ1n) is 7.00. The maximum atomic E-state index is 12.7. The molecular formula is C13H21F3N2O. The van der Waals surface area contributed by atoms with Crippen molar-refractivity contribution in [3.8, 4) is 0 Å². The Bertz CT molecular complexity index is 332. The van der Waals surface area contributed by atoms with E-state index in [0.717, 1.165) is 19.3 Å². The number of halogens is 3. The van der Waals surface area contributed by atoms with Crippen molar-refractivity contribution in [3.63, 3.8) is 0 Å². The van der Waals surface area contributed by atoms with Crippen molar-refractivity contribution in [1.82, 2.24) is 5.32 Å². The van der Waals surface area contributed by atoms with Crippen molar-refractivity contribution in [2.75, 3.05) is 0 Å². The maximum absolute atomic E-state index is 12.7. The molecular weight excluding hydrogens is 257 g/mol. The summed E-state index contributed by atoms with van der Waals surface area (Å²) in [6, 6.07) is -0.484. The second-order valence-corrected chi connectivity index (χ2v) is 5.81. The fraction of sp³-hybridized carbons (Fsp3) is 0.923. The lowest BCUT2D eigenvalue weighted by Gasteiger charge is -2.32. The summed E-state index contributed by atoms with van der Waals surface area (Å²) < 4.78 is 38.0. The van der Waals surface area contributed by atoms with E-state index in [1.807, 2.05) is 0 Å². The summed E-state index contributed by atoms with van der Waals surface area (Å²) in [7, 11) is 0. The van der Waals surface area contributed by atoms with Crippen LogP contribution in [0.1, 0.15) is 44.9 Å². The van der Waals surface area contributed by atoms with Crippen molar-refractivity contribution in [1.29, 1.82) is 0 Å². The Balaban J connectivity index is 1.87. The first-order chi connectivity index (χ1) is 8.88. The van der Waals surface area contributed by atoms with E-state index < -0.39 is 12.1 Å². The molecule has 0 radical (unpaired) electrons. The van der Waals surface area contributed by atoms with Gasteiger partial charge in [0.2, 0.25) is 5.91 Å². The van der Waals surface area contributed by atoms with Gasteiger partial charge < -0.3 is 11.1 Å². The highest BCUT2D eigenvalue weighted by Crippen LogP contribution is 2.37. The van der Waals surface area contributed by atoms with Crippen molar-refractivity contribution >= 4 is 5.91 Å². The molecule has 4 unspecified atom stereocenters. The standard InChI is InChI=1S/C13H21F3N2O/c14-13(15,16)8-3-1-4-9(7-8)18-12(19)10-5-2-6-11(10)17/h8-11H,1-7,17H2,(H,18,19). The third-order valence-electron chi connectivity index (χ3n) is 4.39. The molecule has 0 aromatic carbocycles. The molecule has 4 atom stereocenters. The summed E-state index contributed by atoms with van der Waals surface area (Å²) in [6.45, 7) is 0. The molecule has 0 aliphatic heterocycles. The summed E-state index contributed by atoms with van der Waals surface area (Å²) in [5.74, 6) is -1.65. The topological polar surface area (TPSA) is 55.1 Å². The van der Waals surface area contributed by atoms with E-state index in [2.05, 4.69) is 5.32 Å². The zero-order chi connectivity index (χ0) is 14.0. The highest BCUT2D eigenvalue weighted by molar-refractivity contribution is 5.80. The summed E-state index contributed by atoms with van der Waals surface area (Å²) in [4.78, 5) is 12.0. The van der Waals surface area contributed by atoms with Crippen LogP contribution in [-0.4, -0.2) is 24.2 Å². The molecule has 0 spiro atoms. The Hall–Kier alpha value is -0.780. The number of hydrogen-bond acceptors (Lipinski definition) is 2. The normalized spacial score (nSPS) is 36.2. The van der Waals surface area contributed by atoms with Crippen LogP contribution in [0.4, 0.5) is 13.2 Å². The zero-order valence-corrected chi connectivity index (χ0v) is 10.9. The Kier molecular flexibility index (Phi) is 4.38. The van der Waals surface area contributed by atoms with E-state index in [0.29, 0.717) is 12.8 Å².